The molecule has 3 N–H and O–H groups in total. The Bertz CT molecular complexity index is 726. The molecule has 130 valence electrons. The Morgan fingerprint density at radius 3 is 2.54 bits per heavy atom. The van der Waals surface area contributed by atoms with Gasteiger partial charge in [0.2, 0.25) is 5.95 Å². The standard InChI is InChI=1S/C14H13ClF4N4O/c1-7(6-24)20-13-22-11(14(17,18)19)5-12(23-13)21-8-2-3-10(16)9(15)4-8/h2-5,7,24H,6H2,1H3,(H2,20,21,22,23)/t7-/m0/s1. The van der Waals surface area contributed by atoms with E-state index in [1.54, 1.807) is 6.92 Å². The topological polar surface area (TPSA) is 70.1 Å². The van der Waals surface area contributed by atoms with Gasteiger partial charge >= 0.3 is 6.18 Å². The maximum Gasteiger partial charge on any atom is 0.433 e. The van der Waals surface area contributed by atoms with Crippen LogP contribution in [0, 0.1) is 5.82 Å². The summed E-state index contributed by atoms with van der Waals surface area (Å²) in [5.74, 6) is -1.12. The summed E-state index contributed by atoms with van der Waals surface area (Å²) in [5.41, 5.74) is -0.907. The monoisotopic (exact) mass is 364 g/mol. The highest BCUT2D eigenvalue weighted by molar-refractivity contribution is 6.31. The molecule has 1 heterocycles. The molecule has 0 aliphatic rings. The third-order valence-corrected chi connectivity index (χ3v) is 3.15. The second kappa shape index (κ2) is 7.18. The van der Waals surface area contributed by atoms with E-state index in [2.05, 4.69) is 20.6 Å². The van der Waals surface area contributed by atoms with Crippen molar-refractivity contribution < 1.29 is 22.7 Å². The molecule has 0 spiro atoms. The molecule has 24 heavy (non-hydrogen) atoms. The summed E-state index contributed by atoms with van der Waals surface area (Å²) in [6.07, 6.45) is -4.68. The van der Waals surface area contributed by atoms with Crippen LogP contribution >= 0.6 is 11.6 Å². The molecule has 10 heteroatoms. The van der Waals surface area contributed by atoms with Gasteiger partial charge in [-0.05, 0) is 25.1 Å². The Labute approximate surface area is 139 Å². The number of anilines is 3. The molecular weight excluding hydrogens is 352 g/mol. The lowest BCUT2D eigenvalue weighted by molar-refractivity contribution is -0.141. The molecule has 1 atom stereocenters. The number of hydrogen-bond donors (Lipinski definition) is 3. The molecule has 1 aromatic carbocycles. The van der Waals surface area contributed by atoms with Crippen LogP contribution in [0.1, 0.15) is 12.6 Å². The fourth-order valence-corrected chi connectivity index (χ4v) is 1.89. The number of rotatable bonds is 5. The first-order chi connectivity index (χ1) is 11.2. The van der Waals surface area contributed by atoms with Gasteiger partial charge in [0.1, 0.15) is 11.6 Å². The maximum atomic E-state index is 13.1. The van der Waals surface area contributed by atoms with E-state index < -0.39 is 23.7 Å². The summed E-state index contributed by atoms with van der Waals surface area (Å²) >= 11 is 5.63. The van der Waals surface area contributed by atoms with Crippen LogP contribution in [0.4, 0.5) is 35.0 Å². The van der Waals surface area contributed by atoms with Crippen LogP contribution in [0.5, 0.6) is 0 Å². The van der Waals surface area contributed by atoms with Gasteiger partial charge < -0.3 is 15.7 Å². The van der Waals surface area contributed by atoms with Crippen LogP contribution in [0.15, 0.2) is 24.3 Å². The predicted octanol–water partition coefficient (Wildman–Crippen LogP) is 3.82. The molecule has 0 saturated heterocycles. The smallest absolute Gasteiger partial charge is 0.394 e. The van der Waals surface area contributed by atoms with E-state index >= 15 is 0 Å². The molecule has 0 bridgehead atoms. The highest BCUT2D eigenvalue weighted by Crippen LogP contribution is 2.31. The van der Waals surface area contributed by atoms with Crippen molar-refractivity contribution >= 4 is 29.1 Å². The third kappa shape index (κ3) is 4.68. The average Bonchev–Trinajstić information content (AvgIpc) is 2.49. The van der Waals surface area contributed by atoms with Gasteiger partial charge in [0.15, 0.2) is 5.69 Å². The van der Waals surface area contributed by atoms with Crippen LogP contribution in [-0.2, 0) is 6.18 Å². The first kappa shape index (κ1) is 18.2. The second-order valence-electron chi connectivity index (χ2n) is 4.94. The maximum absolute atomic E-state index is 13.1. The average molecular weight is 365 g/mol. The van der Waals surface area contributed by atoms with Gasteiger partial charge in [-0.1, -0.05) is 11.6 Å². The van der Waals surface area contributed by atoms with Gasteiger partial charge in [0, 0.05) is 17.8 Å². The summed E-state index contributed by atoms with van der Waals surface area (Å²) < 4.78 is 52.0. The van der Waals surface area contributed by atoms with E-state index in [1.165, 1.54) is 12.1 Å². The van der Waals surface area contributed by atoms with Crippen LogP contribution in [0.3, 0.4) is 0 Å². The second-order valence-corrected chi connectivity index (χ2v) is 5.35. The molecule has 1 aromatic heterocycles. The summed E-state index contributed by atoms with van der Waals surface area (Å²) in [5, 5.41) is 14.0. The highest BCUT2D eigenvalue weighted by atomic mass is 35.5. The van der Waals surface area contributed by atoms with Gasteiger partial charge in [0.25, 0.3) is 0 Å². The fourth-order valence-electron chi connectivity index (χ4n) is 1.71. The van der Waals surface area contributed by atoms with Crippen LogP contribution in [0.25, 0.3) is 0 Å². The number of halogens is 5. The zero-order valence-electron chi connectivity index (χ0n) is 12.3. The zero-order valence-corrected chi connectivity index (χ0v) is 13.1. The molecule has 0 saturated carbocycles. The van der Waals surface area contributed by atoms with Gasteiger partial charge in [-0.2, -0.15) is 18.2 Å². The lowest BCUT2D eigenvalue weighted by Crippen LogP contribution is -2.22. The predicted molar refractivity (Wildman–Crippen MR) is 81.9 cm³/mol. The molecule has 0 fully saturated rings. The van der Waals surface area contributed by atoms with E-state index in [-0.39, 0.29) is 29.1 Å². The number of hydrogen-bond acceptors (Lipinski definition) is 5. The van der Waals surface area contributed by atoms with Crippen LogP contribution in [-0.4, -0.2) is 27.7 Å². The van der Waals surface area contributed by atoms with Crippen molar-refractivity contribution in [3.05, 3.63) is 40.8 Å². The highest BCUT2D eigenvalue weighted by Gasteiger charge is 2.34. The van der Waals surface area contributed by atoms with Crippen molar-refractivity contribution in [2.45, 2.75) is 19.1 Å². The molecule has 0 aliphatic heterocycles. The Balaban J connectivity index is 2.36. The Morgan fingerprint density at radius 1 is 1.25 bits per heavy atom. The van der Waals surface area contributed by atoms with Crippen molar-refractivity contribution in [2.75, 3.05) is 17.2 Å². The van der Waals surface area contributed by atoms with Crippen molar-refractivity contribution in [1.82, 2.24) is 9.97 Å². The van der Waals surface area contributed by atoms with Gasteiger partial charge in [-0.15, -0.1) is 0 Å². The Morgan fingerprint density at radius 2 is 1.96 bits per heavy atom. The van der Waals surface area contributed by atoms with E-state index in [1.807, 2.05) is 0 Å². The first-order valence-corrected chi connectivity index (χ1v) is 7.12. The molecule has 5 nitrogen and oxygen atoms in total. The zero-order chi connectivity index (χ0) is 17.9. The minimum absolute atomic E-state index is 0.160. The number of nitrogens with one attached hydrogen (secondary N) is 2. The molecule has 0 unspecified atom stereocenters. The lowest BCUT2D eigenvalue weighted by atomic mass is 10.3. The minimum Gasteiger partial charge on any atom is -0.394 e. The minimum atomic E-state index is -4.68. The molecule has 2 rings (SSSR count). The van der Waals surface area contributed by atoms with Gasteiger partial charge in [-0.3, -0.25) is 0 Å². The SMILES string of the molecule is C[C@@H](CO)Nc1nc(Nc2ccc(F)c(Cl)c2)cc(C(F)(F)F)n1. The van der Waals surface area contributed by atoms with E-state index in [4.69, 9.17) is 16.7 Å². The number of aliphatic hydroxyl groups excluding tert-OH is 1. The molecule has 0 radical (unpaired) electrons. The number of benzene rings is 1. The van der Waals surface area contributed by atoms with E-state index in [9.17, 15) is 17.6 Å². The first-order valence-electron chi connectivity index (χ1n) is 6.75. The summed E-state index contributed by atoms with van der Waals surface area (Å²) in [4.78, 5) is 7.28. The van der Waals surface area contributed by atoms with Gasteiger partial charge in [0.05, 0.1) is 11.6 Å². The van der Waals surface area contributed by atoms with Crippen molar-refractivity contribution in [1.29, 1.82) is 0 Å². The number of aromatic nitrogens is 2. The molecule has 2 aromatic rings. The molecule has 0 amide bonds. The third-order valence-electron chi connectivity index (χ3n) is 2.86. The largest absolute Gasteiger partial charge is 0.433 e. The van der Waals surface area contributed by atoms with Crippen LogP contribution in [0.2, 0.25) is 5.02 Å². The molecular formula is C14H13ClF4N4O. The molecule has 0 aliphatic carbocycles. The van der Waals surface area contributed by atoms with Crippen LogP contribution < -0.4 is 10.6 Å². The summed E-state index contributed by atoms with van der Waals surface area (Å²) in [6.45, 7) is 1.24. The van der Waals surface area contributed by atoms with Crippen molar-refractivity contribution in [3.8, 4) is 0 Å². The number of alkyl halides is 3. The Kier molecular flexibility index (Phi) is 5.45. The summed E-state index contributed by atoms with van der Waals surface area (Å²) in [6, 6.07) is 3.77. The fraction of sp³-hybridized carbons (Fsp3) is 0.286. The number of nitrogens with zero attached hydrogens (tertiary/aromatic N) is 2. The number of aliphatic hydroxyl groups is 1. The van der Waals surface area contributed by atoms with Crippen molar-refractivity contribution in [3.63, 3.8) is 0 Å². The lowest BCUT2D eigenvalue weighted by Gasteiger charge is -2.15. The van der Waals surface area contributed by atoms with Gasteiger partial charge in [-0.25, -0.2) is 9.37 Å². The quantitative estimate of drug-likeness (QED) is 0.703. The van der Waals surface area contributed by atoms with E-state index in [0.717, 1.165) is 6.07 Å². The summed E-state index contributed by atoms with van der Waals surface area (Å²) in [7, 11) is 0. The van der Waals surface area contributed by atoms with Crippen molar-refractivity contribution in [2.24, 2.45) is 0 Å². The Hall–Kier alpha value is -2.13. The van der Waals surface area contributed by atoms with E-state index in [0.29, 0.717) is 6.07 Å². The normalized spacial score (nSPS) is 12.8.